The lowest BCUT2D eigenvalue weighted by molar-refractivity contribution is -0.717. The minimum Gasteiger partial charge on any atom is -0.316 e. The van der Waals surface area contributed by atoms with Gasteiger partial charge in [-0.3, -0.25) is 9.69 Å². The smallest absolute Gasteiger partial charge is 0.285 e. The van der Waals surface area contributed by atoms with Crippen LogP contribution in [0.5, 0.6) is 0 Å². The molecule has 1 aromatic carbocycles. The van der Waals surface area contributed by atoms with Crippen molar-refractivity contribution in [1.82, 2.24) is 4.90 Å². The highest BCUT2D eigenvalue weighted by atomic mass is 16.2. The maximum absolute atomic E-state index is 12.3. The van der Waals surface area contributed by atoms with E-state index in [1.165, 1.54) is 5.56 Å². The number of amides is 1. The summed E-state index contributed by atoms with van der Waals surface area (Å²) in [4.78, 5) is 14.2. The number of carbonyl (C=O) groups is 1. The fourth-order valence-corrected chi connectivity index (χ4v) is 2.72. The van der Waals surface area contributed by atoms with E-state index in [0.717, 1.165) is 6.42 Å². The zero-order chi connectivity index (χ0) is 13.3. The van der Waals surface area contributed by atoms with Crippen LogP contribution in [0.15, 0.2) is 30.3 Å². The lowest BCUT2D eigenvalue weighted by atomic mass is 9.92. The Balaban J connectivity index is 2.10. The van der Waals surface area contributed by atoms with E-state index in [1.807, 2.05) is 30.1 Å². The minimum atomic E-state index is 0.0293. The van der Waals surface area contributed by atoms with Gasteiger partial charge < -0.3 is 5.32 Å². The molecule has 0 saturated carbocycles. The second-order valence-electron chi connectivity index (χ2n) is 6.25. The van der Waals surface area contributed by atoms with Crippen LogP contribution in [0.25, 0.3) is 0 Å². The first-order valence-corrected chi connectivity index (χ1v) is 6.55. The molecule has 18 heavy (non-hydrogen) atoms. The first-order valence-electron chi connectivity index (χ1n) is 6.55. The molecule has 3 heteroatoms. The largest absolute Gasteiger partial charge is 0.316 e. The quantitative estimate of drug-likeness (QED) is 0.832. The molecule has 1 fully saturated rings. The van der Waals surface area contributed by atoms with Crippen LogP contribution in [-0.4, -0.2) is 30.1 Å². The summed E-state index contributed by atoms with van der Waals surface area (Å²) in [6, 6.07) is 10.3. The fraction of sp³-hybridized carbons (Fsp3) is 0.533. The highest BCUT2D eigenvalue weighted by Gasteiger charge is 2.46. The lowest BCUT2D eigenvalue weighted by Crippen LogP contribution is -2.95. The summed E-state index contributed by atoms with van der Waals surface area (Å²) >= 11 is 0. The van der Waals surface area contributed by atoms with Gasteiger partial charge in [0, 0.05) is 18.9 Å². The predicted octanol–water partition coefficient (Wildman–Crippen LogP) is 1.01. The van der Waals surface area contributed by atoms with Crippen LogP contribution >= 0.6 is 0 Å². The molecule has 1 amide bonds. The molecule has 1 saturated heterocycles. The van der Waals surface area contributed by atoms with Crippen LogP contribution in [0.2, 0.25) is 0 Å². The Hall–Kier alpha value is -1.35. The Bertz CT molecular complexity index is 422. The van der Waals surface area contributed by atoms with Crippen molar-refractivity contribution in [2.24, 2.45) is 5.41 Å². The minimum absolute atomic E-state index is 0.0293. The zero-order valence-corrected chi connectivity index (χ0v) is 11.7. The van der Waals surface area contributed by atoms with Gasteiger partial charge in [0.05, 0.1) is 0 Å². The number of benzene rings is 1. The molecule has 1 aliphatic heterocycles. The molecule has 1 heterocycles. The van der Waals surface area contributed by atoms with E-state index in [1.54, 1.807) is 0 Å². The van der Waals surface area contributed by atoms with Gasteiger partial charge in [0.25, 0.3) is 5.91 Å². The first-order chi connectivity index (χ1) is 8.39. The molecule has 2 atom stereocenters. The molecular formula is C15H23N2O+. The van der Waals surface area contributed by atoms with Crippen LogP contribution in [0, 0.1) is 5.41 Å². The van der Waals surface area contributed by atoms with Crippen molar-refractivity contribution in [2.75, 3.05) is 7.05 Å². The molecule has 0 bridgehead atoms. The molecule has 2 N–H and O–H groups in total. The van der Waals surface area contributed by atoms with Crippen LogP contribution in [0.1, 0.15) is 26.3 Å². The topological polar surface area (TPSA) is 36.9 Å². The number of hydrogen-bond acceptors (Lipinski definition) is 1. The van der Waals surface area contributed by atoms with E-state index >= 15 is 0 Å². The molecule has 98 valence electrons. The summed E-state index contributed by atoms with van der Waals surface area (Å²) in [6.45, 7) is 6.55. The molecule has 1 aliphatic rings. The van der Waals surface area contributed by atoms with Gasteiger partial charge in [-0.15, -0.1) is 0 Å². The number of likely N-dealkylation sites (N-methyl/N-ethyl adjacent to an activating group) is 1. The number of rotatable bonds is 2. The van der Waals surface area contributed by atoms with Crippen LogP contribution in [0.3, 0.4) is 0 Å². The SMILES string of the molecule is CN1C(=O)[C@H](Cc2ccccc2)[NH2+][C@@H]1C(C)(C)C. The van der Waals surface area contributed by atoms with Crippen LogP contribution in [0.4, 0.5) is 0 Å². The molecule has 0 radical (unpaired) electrons. The number of nitrogens with two attached hydrogens (primary N) is 1. The van der Waals surface area contributed by atoms with E-state index in [4.69, 9.17) is 0 Å². The van der Waals surface area contributed by atoms with Gasteiger partial charge in [0.1, 0.15) is 0 Å². The Labute approximate surface area is 109 Å². The standard InChI is InChI=1S/C15H22N2O/c1-15(2,3)14-16-12(13(18)17(14)4)10-11-8-6-5-7-9-11/h5-9,12,14,16H,10H2,1-4H3/p+1/t12-,14-/m0/s1. The summed E-state index contributed by atoms with van der Waals surface area (Å²) in [6.07, 6.45) is 1.05. The maximum atomic E-state index is 12.3. The van der Waals surface area contributed by atoms with Crippen molar-refractivity contribution >= 4 is 5.91 Å². The number of carbonyl (C=O) groups excluding carboxylic acids is 1. The number of nitrogens with zero attached hydrogens (tertiary/aromatic N) is 1. The van der Waals surface area contributed by atoms with Gasteiger partial charge in [-0.1, -0.05) is 51.1 Å². The Morgan fingerprint density at radius 2 is 1.83 bits per heavy atom. The third kappa shape index (κ3) is 2.56. The Morgan fingerprint density at radius 3 is 2.33 bits per heavy atom. The molecule has 0 aromatic heterocycles. The summed E-state index contributed by atoms with van der Waals surface area (Å²) in [7, 11) is 1.92. The lowest BCUT2D eigenvalue weighted by Gasteiger charge is -2.28. The highest BCUT2D eigenvalue weighted by molar-refractivity contribution is 5.82. The zero-order valence-electron chi connectivity index (χ0n) is 11.7. The van der Waals surface area contributed by atoms with E-state index in [0.29, 0.717) is 0 Å². The van der Waals surface area contributed by atoms with Gasteiger partial charge >= 0.3 is 0 Å². The van der Waals surface area contributed by atoms with E-state index in [-0.39, 0.29) is 23.5 Å². The van der Waals surface area contributed by atoms with Crippen molar-refractivity contribution in [2.45, 2.75) is 39.4 Å². The molecule has 1 aromatic rings. The van der Waals surface area contributed by atoms with Crippen molar-refractivity contribution < 1.29 is 10.1 Å². The molecular weight excluding hydrogens is 224 g/mol. The molecule has 0 aliphatic carbocycles. The van der Waals surface area contributed by atoms with Gasteiger partial charge in [0.2, 0.25) is 0 Å². The van der Waals surface area contributed by atoms with Crippen molar-refractivity contribution in [3.05, 3.63) is 35.9 Å². The predicted molar refractivity (Wildman–Crippen MR) is 71.9 cm³/mol. The van der Waals surface area contributed by atoms with E-state index < -0.39 is 0 Å². The average Bonchev–Trinajstić information content (AvgIpc) is 2.58. The molecule has 0 spiro atoms. The average molecular weight is 247 g/mol. The normalized spacial score (nSPS) is 24.7. The maximum Gasteiger partial charge on any atom is 0.285 e. The van der Waals surface area contributed by atoms with E-state index in [2.05, 4.69) is 38.2 Å². The molecule has 3 nitrogen and oxygen atoms in total. The van der Waals surface area contributed by atoms with Crippen molar-refractivity contribution in [3.8, 4) is 0 Å². The fourth-order valence-electron chi connectivity index (χ4n) is 2.72. The van der Waals surface area contributed by atoms with Gasteiger partial charge in [0.15, 0.2) is 12.2 Å². The van der Waals surface area contributed by atoms with Gasteiger partial charge in [-0.05, 0) is 5.56 Å². The van der Waals surface area contributed by atoms with Crippen LogP contribution < -0.4 is 5.32 Å². The Kier molecular flexibility index (Phi) is 3.44. The second-order valence-corrected chi connectivity index (χ2v) is 6.25. The van der Waals surface area contributed by atoms with Crippen molar-refractivity contribution in [1.29, 1.82) is 0 Å². The first kappa shape index (κ1) is 13.1. The highest BCUT2D eigenvalue weighted by Crippen LogP contribution is 2.22. The summed E-state index contributed by atoms with van der Waals surface area (Å²) in [5.74, 6) is 0.249. The summed E-state index contributed by atoms with van der Waals surface area (Å²) < 4.78 is 0. The second kappa shape index (κ2) is 4.73. The van der Waals surface area contributed by atoms with E-state index in [9.17, 15) is 4.79 Å². The molecule has 2 rings (SSSR count). The third-order valence-electron chi connectivity index (χ3n) is 3.68. The Morgan fingerprint density at radius 1 is 1.22 bits per heavy atom. The van der Waals surface area contributed by atoms with Crippen LogP contribution in [-0.2, 0) is 11.2 Å². The van der Waals surface area contributed by atoms with Gasteiger partial charge in [-0.2, -0.15) is 0 Å². The summed E-state index contributed by atoms with van der Waals surface area (Å²) in [5.41, 5.74) is 1.34. The number of hydrogen-bond donors (Lipinski definition) is 1. The monoisotopic (exact) mass is 247 g/mol. The van der Waals surface area contributed by atoms with Crippen molar-refractivity contribution in [3.63, 3.8) is 0 Å². The third-order valence-corrected chi connectivity index (χ3v) is 3.68. The summed E-state index contributed by atoms with van der Waals surface area (Å²) in [5, 5.41) is 2.22. The molecule has 0 unspecified atom stereocenters. The number of quaternary nitrogens is 1. The van der Waals surface area contributed by atoms with Gasteiger partial charge in [-0.25, -0.2) is 0 Å².